The van der Waals surface area contributed by atoms with Crippen LogP contribution in [0.4, 0.5) is 9.80 Å². The first-order chi connectivity index (χ1) is 11.4. The van der Waals surface area contributed by atoms with Gasteiger partial charge in [0.2, 0.25) is 0 Å². The second-order valence-electron chi connectivity index (χ2n) is 5.23. The number of urea groups is 1. The van der Waals surface area contributed by atoms with Gasteiger partial charge in [0.1, 0.15) is 23.4 Å². The Labute approximate surface area is 150 Å². The van der Waals surface area contributed by atoms with E-state index in [1.54, 1.807) is 19.2 Å². The molecule has 0 radical (unpaired) electrons. The van der Waals surface area contributed by atoms with E-state index in [-0.39, 0.29) is 6.03 Å². The number of carbonyl (C=O) groups excluding carboxylic acids is 1. The van der Waals surface area contributed by atoms with Crippen molar-refractivity contribution in [2.75, 3.05) is 25.5 Å². The molecule has 7 heteroatoms. The van der Waals surface area contributed by atoms with Gasteiger partial charge in [0.15, 0.2) is 0 Å². The van der Waals surface area contributed by atoms with Crippen molar-refractivity contribution in [3.63, 3.8) is 0 Å². The van der Waals surface area contributed by atoms with Crippen LogP contribution in [0.25, 0.3) is 0 Å². The molecule has 1 aromatic carbocycles. The molecule has 5 nitrogen and oxygen atoms in total. The smallest absolute Gasteiger partial charge is 0.322 e. The number of likely N-dealkylation sites (N-methyl/N-ethyl adjacent to an activating group) is 1. The lowest BCUT2D eigenvalue weighted by atomic mass is 10.2. The lowest BCUT2D eigenvalue weighted by molar-refractivity contribution is 0.208. The van der Waals surface area contributed by atoms with Gasteiger partial charge in [0, 0.05) is 11.9 Å². The zero-order valence-corrected chi connectivity index (χ0v) is 15.3. The quantitative estimate of drug-likeness (QED) is 0.854. The lowest BCUT2D eigenvalue weighted by Gasteiger charge is -2.18. The summed E-state index contributed by atoms with van der Waals surface area (Å²) in [6, 6.07) is 9.04. The second kappa shape index (κ2) is 8.04. The van der Waals surface area contributed by atoms with Gasteiger partial charge in [0.05, 0.1) is 17.1 Å². The monoisotopic (exact) mass is 363 g/mol. The van der Waals surface area contributed by atoms with Gasteiger partial charge in [-0.2, -0.15) is 5.26 Å². The zero-order valence-electron chi connectivity index (χ0n) is 13.7. The SMILES string of the molecule is Cc1sc(NC(=O)N(C)CCOc2ccccc2Cl)c(C#N)c1C. The van der Waals surface area contributed by atoms with Crippen LogP contribution in [0.2, 0.25) is 5.02 Å². The molecule has 0 aliphatic heterocycles. The Morgan fingerprint density at radius 1 is 1.42 bits per heavy atom. The molecule has 0 fully saturated rings. The zero-order chi connectivity index (χ0) is 17.7. The van der Waals surface area contributed by atoms with Crippen molar-refractivity contribution in [2.45, 2.75) is 13.8 Å². The number of anilines is 1. The summed E-state index contributed by atoms with van der Waals surface area (Å²) in [5, 5.41) is 13.1. The Hall–Kier alpha value is -2.23. The number of hydrogen-bond donors (Lipinski definition) is 1. The summed E-state index contributed by atoms with van der Waals surface area (Å²) in [6.07, 6.45) is 0. The molecular formula is C17H18ClN3O2S. The van der Waals surface area contributed by atoms with Crippen molar-refractivity contribution in [1.82, 2.24) is 4.90 Å². The molecule has 0 saturated heterocycles. The fourth-order valence-corrected chi connectivity index (χ4v) is 3.19. The largest absolute Gasteiger partial charge is 0.490 e. The number of para-hydroxylation sites is 1. The Balaban J connectivity index is 1.90. The highest BCUT2D eigenvalue weighted by Crippen LogP contribution is 2.31. The first-order valence-corrected chi connectivity index (χ1v) is 8.53. The van der Waals surface area contributed by atoms with Crippen molar-refractivity contribution < 1.29 is 9.53 Å². The van der Waals surface area contributed by atoms with Crippen LogP contribution in [-0.4, -0.2) is 31.1 Å². The number of rotatable bonds is 5. The van der Waals surface area contributed by atoms with Gasteiger partial charge in [-0.3, -0.25) is 5.32 Å². The lowest BCUT2D eigenvalue weighted by Crippen LogP contribution is -2.34. The van der Waals surface area contributed by atoms with Gasteiger partial charge in [0.25, 0.3) is 0 Å². The Morgan fingerprint density at radius 3 is 2.79 bits per heavy atom. The van der Waals surface area contributed by atoms with E-state index in [9.17, 15) is 10.1 Å². The molecule has 0 saturated carbocycles. The third-order valence-corrected chi connectivity index (χ3v) is 5.02. The molecular weight excluding hydrogens is 346 g/mol. The molecule has 1 aromatic heterocycles. The standard InChI is InChI=1S/C17H18ClN3O2S/c1-11-12(2)24-16(13(11)10-19)20-17(22)21(3)8-9-23-15-7-5-4-6-14(15)18/h4-7H,8-9H2,1-3H3,(H,20,22). The maximum absolute atomic E-state index is 12.2. The number of carbonyl (C=O) groups is 1. The van der Waals surface area contributed by atoms with E-state index in [0.29, 0.717) is 34.5 Å². The molecule has 0 aliphatic carbocycles. The Bertz CT molecular complexity index is 783. The van der Waals surface area contributed by atoms with Gasteiger partial charge in [-0.25, -0.2) is 4.79 Å². The van der Waals surface area contributed by atoms with Crippen LogP contribution in [0, 0.1) is 25.2 Å². The van der Waals surface area contributed by atoms with E-state index < -0.39 is 0 Å². The first-order valence-electron chi connectivity index (χ1n) is 7.33. The molecule has 0 spiro atoms. The highest BCUT2D eigenvalue weighted by Gasteiger charge is 2.16. The minimum absolute atomic E-state index is 0.282. The molecule has 2 aromatic rings. The predicted molar refractivity (Wildman–Crippen MR) is 97.1 cm³/mol. The van der Waals surface area contributed by atoms with Crippen LogP contribution in [0.5, 0.6) is 5.75 Å². The molecule has 1 heterocycles. The fourth-order valence-electron chi connectivity index (χ4n) is 2.00. The van der Waals surface area contributed by atoms with Crippen molar-refractivity contribution in [3.8, 4) is 11.8 Å². The number of aryl methyl sites for hydroxylation is 1. The summed E-state index contributed by atoms with van der Waals surface area (Å²) in [5.41, 5.74) is 1.43. The number of nitrogens with one attached hydrogen (secondary N) is 1. The highest BCUT2D eigenvalue weighted by atomic mass is 35.5. The number of hydrogen-bond acceptors (Lipinski definition) is 4. The summed E-state index contributed by atoms with van der Waals surface area (Å²) >= 11 is 7.42. The normalized spacial score (nSPS) is 10.1. The molecule has 2 rings (SSSR count). The van der Waals surface area contributed by atoms with E-state index in [4.69, 9.17) is 16.3 Å². The minimum atomic E-state index is -0.282. The van der Waals surface area contributed by atoms with Crippen LogP contribution in [-0.2, 0) is 0 Å². The molecule has 1 N–H and O–H groups in total. The van der Waals surface area contributed by atoms with Gasteiger partial charge < -0.3 is 9.64 Å². The van der Waals surface area contributed by atoms with Crippen molar-refractivity contribution >= 4 is 34.0 Å². The molecule has 0 atom stereocenters. The molecule has 0 unspecified atom stereocenters. The van der Waals surface area contributed by atoms with Crippen LogP contribution < -0.4 is 10.1 Å². The summed E-state index contributed by atoms with van der Waals surface area (Å²) < 4.78 is 5.57. The number of amides is 2. The van der Waals surface area contributed by atoms with Gasteiger partial charge in [-0.15, -0.1) is 11.3 Å². The Kier molecular flexibility index (Phi) is 6.07. The molecule has 2 amide bonds. The molecule has 126 valence electrons. The van der Waals surface area contributed by atoms with E-state index >= 15 is 0 Å². The summed E-state index contributed by atoms with van der Waals surface area (Å²) in [7, 11) is 1.67. The number of halogens is 1. The summed E-state index contributed by atoms with van der Waals surface area (Å²) in [5.74, 6) is 0.587. The van der Waals surface area contributed by atoms with E-state index in [1.807, 2.05) is 26.0 Å². The average molecular weight is 364 g/mol. The van der Waals surface area contributed by atoms with Crippen molar-refractivity contribution in [3.05, 3.63) is 45.3 Å². The molecule has 0 bridgehead atoms. The van der Waals surface area contributed by atoms with E-state index in [2.05, 4.69) is 11.4 Å². The van der Waals surface area contributed by atoms with Crippen molar-refractivity contribution in [2.24, 2.45) is 0 Å². The second-order valence-corrected chi connectivity index (χ2v) is 6.86. The number of nitrogens with zero attached hydrogens (tertiary/aromatic N) is 2. The van der Waals surface area contributed by atoms with Crippen molar-refractivity contribution in [1.29, 1.82) is 5.26 Å². The fraction of sp³-hybridized carbons (Fsp3) is 0.294. The minimum Gasteiger partial charge on any atom is -0.490 e. The third-order valence-electron chi connectivity index (χ3n) is 3.59. The topological polar surface area (TPSA) is 65.4 Å². The summed E-state index contributed by atoms with van der Waals surface area (Å²) in [4.78, 5) is 14.8. The van der Waals surface area contributed by atoms with Gasteiger partial charge >= 0.3 is 6.03 Å². The van der Waals surface area contributed by atoms with E-state index in [1.165, 1.54) is 16.2 Å². The molecule has 24 heavy (non-hydrogen) atoms. The maximum Gasteiger partial charge on any atom is 0.322 e. The number of benzene rings is 1. The third kappa shape index (κ3) is 4.19. The van der Waals surface area contributed by atoms with Crippen LogP contribution in [0.3, 0.4) is 0 Å². The highest BCUT2D eigenvalue weighted by molar-refractivity contribution is 7.16. The van der Waals surface area contributed by atoms with Crippen LogP contribution in [0.1, 0.15) is 16.0 Å². The van der Waals surface area contributed by atoms with E-state index in [0.717, 1.165) is 10.4 Å². The van der Waals surface area contributed by atoms with Crippen LogP contribution in [0.15, 0.2) is 24.3 Å². The number of nitriles is 1. The maximum atomic E-state index is 12.2. The van der Waals surface area contributed by atoms with Gasteiger partial charge in [-0.05, 0) is 31.5 Å². The number of thiophene rings is 1. The predicted octanol–water partition coefficient (Wildman–Crippen LogP) is 4.43. The van der Waals surface area contributed by atoms with Gasteiger partial charge in [-0.1, -0.05) is 23.7 Å². The number of ether oxygens (including phenoxy) is 1. The van der Waals surface area contributed by atoms with Crippen LogP contribution >= 0.6 is 22.9 Å². The Morgan fingerprint density at radius 2 is 2.12 bits per heavy atom. The summed E-state index contributed by atoms with van der Waals surface area (Å²) in [6.45, 7) is 4.52. The first kappa shape index (κ1) is 18.1. The molecule has 0 aliphatic rings. The average Bonchev–Trinajstić information content (AvgIpc) is 2.82.